The van der Waals surface area contributed by atoms with Gasteiger partial charge in [-0.2, -0.15) is 0 Å². The standard InChI is InChI=1S/C15H20INO/c1-10-3-4-11(2)14(9-10)17-15(18)12-5-7-13(16)8-6-12/h5-8,10-11,14H,3-4,9H2,1-2H3,(H,17,18)/t10-,11+,14-/m0/s1. The molecule has 3 heteroatoms. The van der Waals surface area contributed by atoms with Crippen molar-refractivity contribution in [2.75, 3.05) is 0 Å². The van der Waals surface area contributed by atoms with Crippen molar-refractivity contribution in [1.29, 1.82) is 0 Å². The van der Waals surface area contributed by atoms with Crippen LogP contribution >= 0.6 is 22.6 Å². The van der Waals surface area contributed by atoms with E-state index in [1.807, 2.05) is 24.3 Å². The summed E-state index contributed by atoms with van der Waals surface area (Å²) in [7, 11) is 0. The Balaban J connectivity index is 2.00. The van der Waals surface area contributed by atoms with E-state index in [9.17, 15) is 4.79 Å². The number of benzene rings is 1. The molecule has 1 amide bonds. The molecule has 98 valence electrons. The van der Waals surface area contributed by atoms with E-state index in [0.717, 1.165) is 21.5 Å². The molecular weight excluding hydrogens is 337 g/mol. The summed E-state index contributed by atoms with van der Waals surface area (Å²) in [6.45, 7) is 4.51. The van der Waals surface area contributed by atoms with E-state index in [0.29, 0.717) is 12.0 Å². The average Bonchev–Trinajstić information content (AvgIpc) is 2.34. The van der Waals surface area contributed by atoms with E-state index in [1.54, 1.807) is 0 Å². The van der Waals surface area contributed by atoms with Crippen LogP contribution < -0.4 is 5.32 Å². The lowest BCUT2D eigenvalue weighted by molar-refractivity contribution is 0.0898. The molecule has 1 fully saturated rings. The van der Waals surface area contributed by atoms with Gasteiger partial charge in [0, 0.05) is 15.2 Å². The number of nitrogens with one attached hydrogen (secondary N) is 1. The zero-order chi connectivity index (χ0) is 13.1. The number of carbonyl (C=O) groups excluding carboxylic acids is 1. The SMILES string of the molecule is C[C@H]1CC[C@@H](C)[C@@H](NC(=O)c2ccc(I)cc2)C1. The normalized spacial score (nSPS) is 27.8. The third-order valence-corrected chi connectivity index (χ3v) is 4.60. The molecule has 0 aromatic heterocycles. The quantitative estimate of drug-likeness (QED) is 0.801. The molecule has 2 rings (SSSR count). The molecule has 0 aliphatic heterocycles. The van der Waals surface area contributed by atoms with Crippen LogP contribution in [0, 0.1) is 15.4 Å². The smallest absolute Gasteiger partial charge is 0.251 e. The lowest BCUT2D eigenvalue weighted by Crippen LogP contribution is -2.42. The first-order chi connectivity index (χ1) is 8.56. The van der Waals surface area contributed by atoms with Crippen LogP contribution in [0.25, 0.3) is 0 Å². The van der Waals surface area contributed by atoms with Gasteiger partial charge < -0.3 is 5.32 Å². The lowest BCUT2D eigenvalue weighted by atomic mass is 9.80. The predicted molar refractivity (Wildman–Crippen MR) is 82.6 cm³/mol. The molecule has 1 saturated carbocycles. The summed E-state index contributed by atoms with van der Waals surface area (Å²) in [6.07, 6.45) is 3.62. The Morgan fingerprint density at radius 3 is 2.56 bits per heavy atom. The molecule has 0 heterocycles. The maximum atomic E-state index is 12.2. The Morgan fingerprint density at radius 1 is 1.22 bits per heavy atom. The van der Waals surface area contributed by atoms with Gasteiger partial charge in [-0.25, -0.2) is 0 Å². The highest BCUT2D eigenvalue weighted by atomic mass is 127. The maximum Gasteiger partial charge on any atom is 0.251 e. The van der Waals surface area contributed by atoms with Gasteiger partial charge in [0.1, 0.15) is 0 Å². The first-order valence-corrected chi connectivity index (χ1v) is 7.70. The van der Waals surface area contributed by atoms with Gasteiger partial charge in [-0.05, 0) is 71.5 Å². The summed E-state index contributed by atoms with van der Waals surface area (Å²) in [4.78, 5) is 12.2. The molecule has 0 saturated heterocycles. The molecule has 1 aliphatic carbocycles. The first kappa shape index (κ1) is 13.8. The third kappa shape index (κ3) is 3.46. The van der Waals surface area contributed by atoms with E-state index in [-0.39, 0.29) is 5.91 Å². The highest BCUT2D eigenvalue weighted by Gasteiger charge is 2.26. The summed E-state index contributed by atoms with van der Waals surface area (Å²) in [6, 6.07) is 8.08. The number of hydrogen-bond acceptors (Lipinski definition) is 1. The fourth-order valence-corrected chi connectivity index (χ4v) is 2.95. The van der Waals surface area contributed by atoms with Gasteiger partial charge in [0.05, 0.1) is 0 Å². The molecule has 0 unspecified atom stereocenters. The number of amides is 1. The van der Waals surface area contributed by atoms with Crippen LogP contribution in [0.1, 0.15) is 43.5 Å². The minimum absolute atomic E-state index is 0.0670. The Hall–Kier alpha value is -0.580. The van der Waals surface area contributed by atoms with Crippen molar-refractivity contribution in [2.45, 2.75) is 39.2 Å². The maximum absolute atomic E-state index is 12.2. The highest BCUT2D eigenvalue weighted by Crippen LogP contribution is 2.28. The molecule has 2 nitrogen and oxygen atoms in total. The van der Waals surface area contributed by atoms with Crippen LogP contribution in [0.2, 0.25) is 0 Å². The second-order valence-electron chi connectivity index (χ2n) is 5.48. The number of carbonyl (C=O) groups is 1. The van der Waals surface area contributed by atoms with Crippen LogP contribution in [0.15, 0.2) is 24.3 Å². The number of halogens is 1. The lowest BCUT2D eigenvalue weighted by Gasteiger charge is -2.33. The molecule has 1 aromatic carbocycles. The Labute approximate surface area is 123 Å². The summed E-state index contributed by atoms with van der Waals surface area (Å²) in [5.41, 5.74) is 0.765. The van der Waals surface area contributed by atoms with Crippen molar-refractivity contribution in [2.24, 2.45) is 11.8 Å². The molecule has 1 aliphatic rings. The summed E-state index contributed by atoms with van der Waals surface area (Å²) in [5.74, 6) is 1.38. The van der Waals surface area contributed by atoms with Crippen molar-refractivity contribution in [3.8, 4) is 0 Å². The molecule has 1 aromatic rings. The van der Waals surface area contributed by atoms with E-state index in [1.165, 1.54) is 12.8 Å². The van der Waals surface area contributed by atoms with Gasteiger partial charge in [-0.1, -0.05) is 20.3 Å². The zero-order valence-electron chi connectivity index (χ0n) is 10.9. The van der Waals surface area contributed by atoms with Crippen LogP contribution in [-0.2, 0) is 0 Å². The fourth-order valence-electron chi connectivity index (χ4n) is 2.59. The van der Waals surface area contributed by atoms with Crippen LogP contribution in [0.5, 0.6) is 0 Å². The Kier molecular flexibility index (Phi) is 4.65. The second-order valence-corrected chi connectivity index (χ2v) is 6.73. The van der Waals surface area contributed by atoms with Crippen LogP contribution in [-0.4, -0.2) is 11.9 Å². The van der Waals surface area contributed by atoms with E-state index >= 15 is 0 Å². The molecule has 0 bridgehead atoms. The Bertz CT molecular complexity index is 415. The van der Waals surface area contributed by atoms with E-state index in [4.69, 9.17) is 0 Å². The van der Waals surface area contributed by atoms with Gasteiger partial charge in [0.25, 0.3) is 5.91 Å². The molecule has 1 N–H and O–H groups in total. The van der Waals surface area contributed by atoms with Crippen molar-refractivity contribution in [1.82, 2.24) is 5.32 Å². The van der Waals surface area contributed by atoms with Gasteiger partial charge in [-0.3, -0.25) is 4.79 Å². The molecule has 3 atom stereocenters. The predicted octanol–water partition coefficient (Wildman–Crippen LogP) is 3.85. The van der Waals surface area contributed by atoms with Crippen molar-refractivity contribution < 1.29 is 4.79 Å². The largest absolute Gasteiger partial charge is 0.349 e. The van der Waals surface area contributed by atoms with Crippen molar-refractivity contribution >= 4 is 28.5 Å². The summed E-state index contributed by atoms with van der Waals surface area (Å²) >= 11 is 2.25. The fraction of sp³-hybridized carbons (Fsp3) is 0.533. The van der Waals surface area contributed by atoms with Gasteiger partial charge in [0.15, 0.2) is 0 Å². The second kappa shape index (κ2) is 6.04. The monoisotopic (exact) mass is 357 g/mol. The first-order valence-electron chi connectivity index (χ1n) is 6.62. The van der Waals surface area contributed by atoms with E-state index in [2.05, 4.69) is 41.8 Å². The molecular formula is C15H20INO. The van der Waals surface area contributed by atoms with Crippen LogP contribution in [0.4, 0.5) is 0 Å². The Morgan fingerprint density at radius 2 is 1.89 bits per heavy atom. The summed E-state index contributed by atoms with van der Waals surface area (Å²) in [5, 5.41) is 3.19. The van der Waals surface area contributed by atoms with Gasteiger partial charge >= 0.3 is 0 Å². The average molecular weight is 357 g/mol. The topological polar surface area (TPSA) is 29.1 Å². The van der Waals surface area contributed by atoms with Crippen molar-refractivity contribution in [3.63, 3.8) is 0 Å². The molecule has 0 spiro atoms. The zero-order valence-corrected chi connectivity index (χ0v) is 13.1. The van der Waals surface area contributed by atoms with Gasteiger partial charge in [-0.15, -0.1) is 0 Å². The van der Waals surface area contributed by atoms with Gasteiger partial charge in [0.2, 0.25) is 0 Å². The number of hydrogen-bond donors (Lipinski definition) is 1. The van der Waals surface area contributed by atoms with Crippen LogP contribution in [0.3, 0.4) is 0 Å². The minimum Gasteiger partial charge on any atom is -0.349 e. The van der Waals surface area contributed by atoms with E-state index < -0.39 is 0 Å². The summed E-state index contributed by atoms with van der Waals surface area (Å²) < 4.78 is 1.16. The minimum atomic E-state index is 0.0670. The highest BCUT2D eigenvalue weighted by molar-refractivity contribution is 14.1. The third-order valence-electron chi connectivity index (χ3n) is 3.88. The molecule has 0 radical (unpaired) electrons. The molecule has 18 heavy (non-hydrogen) atoms. The van der Waals surface area contributed by atoms with Crippen molar-refractivity contribution in [3.05, 3.63) is 33.4 Å². The number of rotatable bonds is 2.